The van der Waals surface area contributed by atoms with Crippen LogP contribution >= 0.6 is 11.3 Å². The van der Waals surface area contributed by atoms with E-state index in [-0.39, 0.29) is 25.1 Å². The van der Waals surface area contributed by atoms with Gasteiger partial charge in [-0.05, 0) is 30.3 Å². The molecule has 1 N–H and O–H groups in total. The molecule has 0 aliphatic carbocycles. The first-order valence-corrected chi connectivity index (χ1v) is 7.18. The number of hydrogen-bond acceptors (Lipinski definition) is 5. The number of nitrogens with zero attached hydrogens (tertiary/aromatic N) is 1. The summed E-state index contributed by atoms with van der Waals surface area (Å²) in [5.41, 5.74) is 1.39. The van der Waals surface area contributed by atoms with Crippen LogP contribution in [0.4, 0.5) is 5.13 Å². The van der Waals surface area contributed by atoms with E-state index in [0.29, 0.717) is 22.2 Å². The molecule has 2 aromatic carbocycles. The zero-order valence-corrected chi connectivity index (χ0v) is 12.8. The van der Waals surface area contributed by atoms with Crippen LogP contribution in [0.3, 0.4) is 0 Å². The van der Waals surface area contributed by atoms with E-state index in [2.05, 4.69) is 10.3 Å². The Morgan fingerprint density at radius 2 is 1.95 bits per heavy atom. The van der Waals surface area contributed by atoms with Gasteiger partial charge >= 0.3 is 0 Å². The molecule has 0 unspecified atom stereocenters. The molecule has 7 heteroatoms. The zero-order valence-electron chi connectivity index (χ0n) is 11.2. The van der Waals surface area contributed by atoms with Crippen LogP contribution in [0.15, 0.2) is 42.5 Å². The topological polar surface area (TPSA) is 60.5 Å². The van der Waals surface area contributed by atoms with Crippen molar-refractivity contribution in [2.24, 2.45) is 0 Å². The monoisotopic (exact) mass is 333 g/mol. The number of amides is 1. The number of carbonyl (C=O) groups excluding carboxylic acids is 1. The van der Waals surface area contributed by atoms with E-state index in [1.165, 1.54) is 11.3 Å². The highest BCUT2D eigenvalue weighted by Crippen LogP contribution is 2.33. The van der Waals surface area contributed by atoms with Crippen LogP contribution in [0, 0.1) is 0 Å². The van der Waals surface area contributed by atoms with E-state index >= 15 is 0 Å². The summed E-state index contributed by atoms with van der Waals surface area (Å²) in [6, 6.07) is 12.9. The van der Waals surface area contributed by atoms with Crippen molar-refractivity contribution in [3.8, 4) is 11.5 Å². The first-order valence-electron chi connectivity index (χ1n) is 6.36. The molecule has 0 saturated heterocycles. The minimum Gasteiger partial charge on any atom is -1.00 e. The van der Waals surface area contributed by atoms with Gasteiger partial charge in [-0.2, -0.15) is 0 Å². The minimum absolute atomic E-state index is 0. The minimum atomic E-state index is -0.215. The van der Waals surface area contributed by atoms with Gasteiger partial charge in [0.25, 0.3) is 5.91 Å². The van der Waals surface area contributed by atoms with Crippen LogP contribution in [0.2, 0.25) is 0 Å². The number of rotatable bonds is 2. The largest absolute Gasteiger partial charge is 1.00 e. The third-order valence-corrected chi connectivity index (χ3v) is 4.10. The van der Waals surface area contributed by atoms with Crippen LogP contribution in [0.5, 0.6) is 11.5 Å². The third kappa shape index (κ3) is 2.58. The van der Waals surface area contributed by atoms with Crippen molar-refractivity contribution >= 4 is 32.6 Å². The number of thiazole rings is 1. The Morgan fingerprint density at radius 1 is 1.14 bits per heavy atom. The molecule has 1 aliphatic rings. The lowest BCUT2D eigenvalue weighted by Gasteiger charge is -2.02. The van der Waals surface area contributed by atoms with Gasteiger partial charge in [0, 0.05) is 5.56 Å². The Morgan fingerprint density at radius 3 is 2.82 bits per heavy atom. The Kier molecular flexibility index (Phi) is 3.87. The van der Waals surface area contributed by atoms with Crippen molar-refractivity contribution in [3.63, 3.8) is 0 Å². The van der Waals surface area contributed by atoms with Crippen molar-refractivity contribution in [1.29, 1.82) is 0 Å². The molecular weight excluding hydrogens is 324 g/mol. The van der Waals surface area contributed by atoms with Crippen LogP contribution in [0.1, 0.15) is 10.4 Å². The molecule has 1 aromatic heterocycles. The third-order valence-electron chi connectivity index (χ3n) is 3.15. The lowest BCUT2D eigenvalue weighted by Crippen LogP contribution is -3.00. The highest BCUT2D eigenvalue weighted by atomic mass is 35.5. The van der Waals surface area contributed by atoms with E-state index in [9.17, 15) is 4.79 Å². The van der Waals surface area contributed by atoms with Crippen LogP contribution in [-0.4, -0.2) is 17.7 Å². The van der Waals surface area contributed by atoms with Gasteiger partial charge in [0.15, 0.2) is 16.6 Å². The number of hydrogen-bond donors (Lipinski definition) is 1. The molecule has 0 saturated carbocycles. The second-order valence-corrected chi connectivity index (χ2v) is 5.54. The molecule has 22 heavy (non-hydrogen) atoms. The number of anilines is 1. The molecule has 0 bridgehead atoms. The lowest BCUT2D eigenvalue weighted by atomic mass is 10.2. The highest BCUT2D eigenvalue weighted by Gasteiger charge is 2.17. The summed E-state index contributed by atoms with van der Waals surface area (Å²) < 4.78 is 11.5. The van der Waals surface area contributed by atoms with E-state index in [0.717, 1.165) is 10.2 Å². The first-order chi connectivity index (χ1) is 10.3. The molecule has 2 heterocycles. The molecule has 0 atom stereocenters. The van der Waals surface area contributed by atoms with Gasteiger partial charge in [-0.1, -0.05) is 23.5 Å². The number of ether oxygens (including phenoxy) is 2. The van der Waals surface area contributed by atoms with Crippen molar-refractivity contribution < 1.29 is 26.7 Å². The molecule has 0 fully saturated rings. The molecule has 1 amide bonds. The fourth-order valence-electron chi connectivity index (χ4n) is 2.13. The van der Waals surface area contributed by atoms with Gasteiger partial charge in [-0.15, -0.1) is 0 Å². The molecule has 5 nitrogen and oxygen atoms in total. The molecular formula is C15H10ClN2O3S-. The molecule has 112 valence electrons. The van der Waals surface area contributed by atoms with Crippen molar-refractivity contribution in [2.75, 3.05) is 12.1 Å². The Hall–Kier alpha value is -2.31. The summed E-state index contributed by atoms with van der Waals surface area (Å²) in [5.74, 6) is 1.03. The predicted molar refractivity (Wildman–Crippen MR) is 80.1 cm³/mol. The average Bonchev–Trinajstić information content (AvgIpc) is 3.11. The lowest BCUT2D eigenvalue weighted by molar-refractivity contribution is -0.0000132. The summed E-state index contributed by atoms with van der Waals surface area (Å²) in [4.78, 5) is 16.6. The number of nitrogens with one attached hydrogen (secondary N) is 1. The fourth-order valence-corrected chi connectivity index (χ4v) is 2.99. The maximum atomic E-state index is 12.2. The second kappa shape index (κ2) is 5.82. The highest BCUT2D eigenvalue weighted by molar-refractivity contribution is 7.22. The van der Waals surface area contributed by atoms with E-state index in [1.807, 2.05) is 24.3 Å². The standard InChI is InChI=1S/C15H10N2O3S.ClH/c18-14(9-5-6-11-12(7-9)20-8-19-11)17-15-16-10-3-1-2-4-13(10)21-15;/h1-7H,8H2,(H,16,17,18);1H/p-1. The Labute approximate surface area is 136 Å². The Balaban J connectivity index is 0.00000144. The second-order valence-electron chi connectivity index (χ2n) is 4.51. The summed E-state index contributed by atoms with van der Waals surface area (Å²) in [6.07, 6.45) is 0. The smallest absolute Gasteiger partial charge is 0.257 e. The quantitative estimate of drug-likeness (QED) is 0.732. The summed E-state index contributed by atoms with van der Waals surface area (Å²) in [7, 11) is 0. The Bertz CT molecular complexity index is 817. The number of para-hydroxylation sites is 1. The summed E-state index contributed by atoms with van der Waals surface area (Å²) >= 11 is 1.45. The molecule has 1 aliphatic heterocycles. The van der Waals surface area contributed by atoms with Crippen molar-refractivity contribution in [1.82, 2.24) is 4.98 Å². The van der Waals surface area contributed by atoms with Gasteiger partial charge < -0.3 is 21.9 Å². The molecule has 4 rings (SSSR count). The van der Waals surface area contributed by atoms with Gasteiger partial charge in [-0.3, -0.25) is 10.1 Å². The van der Waals surface area contributed by atoms with Crippen LogP contribution in [-0.2, 0) is 0 Å². The van der Waals surface area contributed by atoms with Gasteiger partial charge in [0.2, 0.25) is 6.79 Å². The molecule has 0 radical (unpaired) electrons. The van der Waals surface area contributed by atoms with Crippen LogP contribution in [0.25, 0.3) is 10.2 Å². The first kappa shape index (κ1) is 14.6. The predicted octanol–water partition coefficient (Wildman–Crippen LogP) is 0.281. The summed E-state index contributed by atoms with van der Waals surface area (Å²) in [5, 5.41) is 3.39. The maximum Gasteiger partial charge on any atom is 0.257 e. The number of carbonyl (C=O) groups is 1. The van der Waals surface area contributed by atoms with Crippen molar-refractivity contribution in [2.45, 2.75) is 0 Å². The van der Waals surface area contributed by atoms with E-state index < -0.39 is 0 Å². The molecule has 0 spiro atoms. The maximum absolute atomic E-state index is 12.2. The number of halogens is 1. The van der Waals surface area contributed by atoms with E-state index in [1.54, 1.807) is 18.2 Å². The van der Waals surface area contributed by atoms with Gasteiger partial charge in [0.1, 0.15) is 0 Å². The summed E-state index contributed by atoms with van der Waals surface area (Å²) in [6.45, 7) is 0.193. The normalized spacial score (nSPS) is 12.0. The average molecular weight is 334 g/mol. The number of fused-ring (bicyclic) bond motifs is 2. The van der Waals surface area contributed by atoms with Gasteiger partial charge in [-0.25, -0.2) is 4.98 Å². The number of aromatic nitrogens is 1. The number of benzene rings is 2. The van der Waals surface area contributed by atoms with Crippen molar-refractivity contribution in [3.05, 3.63) is 48.0 Å². The molecule has 3 aromatic rings. The van der Waals surface area contributed by atoms with E-state index in [4.69, 9.17) is 9.47 Å². The SMILES string of the molecule is O=C(Nc1nc2ccccc2s1)c1ccc2c(c1)OCO2.[Cl-]. The van der Waals surface area contributed by atoms with Gasteiger partial charge in [0.05, 0.1) is 10.2 Å². The zero-order chi connectivity index (χ0) is 14.2. The van der Waals surface area contributed by atoms with Crippen LogP contribution < -0.4 is 27.2 Å². The fraction of sp³-hybridized carbons (Fsp3) is 0.0667.